The molecule has 12 heteroatoms. The van der Waals surface area contributed by atoms with Gasteiger partial charge in [0.2, 0.25) is 11.8 Å². The van der Waals surface area contributed by atoms with E-state index in [0.717, 1.165) is 0 Å². The Morgan fingerprint density at radius 1 is 1.13 bits per heavy atom. The van der Waals surface area contributed by atoms with Crippen molar-refractivity contribution in [2.24, 2.45) is 0 Å². The lowest BCUT2D eigenvalue weighted by molar-refractivity contribution is -0.129. The number of pyridine rings is 1. The number of ether oxygens (including phenoxy) is 1. The molecular formula is C27H27ClFN5O5. The van der Waals surface area contributed by atoms with Gasteiger partial charge in [-0.1, -0.05) is 24.2 Å². The molecule has 3 amide bonds. The quantitative estimate of drug-likeness (QED) is 0.579. The summed E-state index contributed by atoms with van der Waals surface area (Å²) in [6.45, 7) is 5.79. The number of phenols is 1. The number of aromatic hydroxyl groups is 1. The van der Waals surface area contributed by atoms with Crippen molar-refractivity contribution in [3.8, 4) is 22.8 Å². The number of halogens is 2. The van der Waals surface area contributed by atoms with Gasteiger partial charge >= 0.3 is 0 Å². The SMILES string of the molecule is C=CC(=O)N1CCN2C(=O)c3c(N4CCN5C(=O)CC[C@H]5C4)nc(-c4c(O)cccc4F)c(Cl)c3OC[C@H]2C1. The van der Waals surface area contributed by atoms with E-state index >= 15 is 4.39 Å². The summed E-state index contributed by atoms with van der Waals surface area (Å²) in [5.74, 6) is -1.22. The molecule has 0 saturated carbocycles. The molecule has 204 valence electrons. The zero-order valence-corrected chi connectivity index (χ0v) is 21.9. The first-order chi connectivity index (χ1) is 18.8. The van der Waals surface area contributed by atoms with E-state index in [1.165, 1.54) is 24.3 Å². The highest BCUT2D eigenvalue weighted by Crippen LogP contribution is 2.46. The third-order valence-electron chi connectivity index (χ3n) is 7.96. The van der Waals surface area contributed by atoms with Gasteiger partial charge in [-0.05, 0) is 24.6 Å². The predicted molar refractivity (Wildman–Crippen MR) is 140 cm³/mol. The highest BCUT2D eigenvalue weighted by Gasteiger charge is 2.43. The van der Waals surface area contributed by atoms with Gasteiger partial charge in [0.05, 0.1) is 11.6 Å². The van der Waals surface area contributed by atoms with Crippen LogP contribution in [0.5, 0.6) is 11.5 Å². The average Bonchev–Trinajstić information content (AvgIpc) is 3.24. The molecule has 0 spiro atoms. The summed E-state index contributed by atoms with van der Waals surface area (Å²) in [4.78, 5) is 50.4. The van der Waals surface area contributed by atoms with Gasteiger partial charge in [0.15, 0.2) is 5.75 Å². The summed E-state index contributed by atoms with van der Waals surface area (Å²) in [6.07, 6.45) is 2.40. The molecule has 2 atom stereocenters. The highest BCUT2D eigenvalue weighted by molar-refractivity contribution is 6.35. The number of benzene rings is 1. The highest BCUT2D eigenvalue weighted by atomic mass is 35.5. The topological polar surface area (TPSA) is 107 Å². The first-order valence-electron chi connectivity index (χ1n) is 12.9. The second-order valence-electron chi connectivity index (χ2n) is 10.1. The fraction of sp³-hybridized carbons (Fsp3) is 0.407. The van der Waals surface area contributed by atoms with Gasteiger partial charge in [0.1, 0.15) is 40.3 Å². The van der Waals surface area contributed by atoms with Crippen LogP contribution in [0.15, 0.2) is 30.9 Å². The van der Waals surface area contributed by atoms with Gasteiger partial charge in [0, 0.05) is 51.7 Å². The Hall–Kier alpha value is -3.86. The van der Waals surface area contributed by atoms with E-state index in [4.69, 9.17) is 21.3 Å². The van der Waals surface area contributed by atoms with E-state index in [0.29, 0.717) is 39.0 Å². The molecule has 0 aliphatic carbocycles. The third kappa shape index (κ3) is 4.15. The molecular weight excluding hydrogens is 529 g/mol. The van der Waals surface area contributed by atoms with Crippen molar-refractivity contribution in [2.75, 3.05) is 50.8 Å². The smallest absolute Gasteiger partial charge is 0.261 e. The number of piperazine rings is 2. The lowest BCUT2D eigenvalue weighted by atomic mass is 10.0. The van der Waals surface area contributed by atoms with Crippen molar-refractivity contribution < 1.29 is 28.6 Å². The monoisotopic (exact) mass is 555 g/mol. The first kappa shape index (κ1) is 25.4. The Labute approximate surface area is 229 Å². The summed E-state index contributed by atoms with van der Waals surface area (Å²) in [6, 6.07) is 3.42. The minimum atomic E-state index is -0.725. The van der Waals surface area contributed by atoms with Crippen molar-refractivity contribution >= 4 is 35.1 Å². The van der Waals surface area contributed by atoms with Crippen LogP contribution in [-0.4, -0.2) is 100 Å². The summed E-state index contributed by atoms with van der Waals surface area (Å²) >= 11 is 6.78. The normalized spacial score (nSPS) is 22.6. The number of phenolic OH excluding ortho intramolecular Hbond substituents is 1. The van der Waals surface area contributed by atoms with Crippen LogP contribution >= 0.6 is 11.6 Å². The number of aromatic nitrogens is 1. The Morgan fingerprint density at radius 3 is 2.69 bits per heavy atom. The molecule has 1 N–H and O–H groups in total. The number of amides is 3. The van der Waals surface area contributed by atoms with E-state index in [-0.39, 0.29) is 82.6 Å². The number of carbonyl (C=O) groups excluding carboxylic acids is 3. The number of hydrogen-bond donors (Lipinski definition) is 1. The first-order valence-corrected chi connectivity index (χ1v) is 13.3. The zero-order chi connectivity index (χ0) is 27.4. The number of fused-ring (bicyclic) bond motifs is 3. The fourth-order valence-electron chi connectivity index (χ4n) is 5.97. The molecule has 6 rings (SSSR count). The molecule has 0 bridgehead atoms. The number of hydrogen-bond acceptors (Lipinski definition) is 7. The number of nitrogens with zero attached hydrogens (tertiary/aromatic N) is 5. The molecule has 4 aliphatic rings. The van der Waals surface area contributed by atoms with Gasteiger partial charge in [0.25, 0.3) is 5.91 Å². The van der Waals surface area contributed by atoms with Crippen LogP contribution in [0.4, 0.5) is 10.2 Å². The molecule has 3 fully saturated rings. The number of rotatable bonds is 3. The van der Waals surface area contributed by atoms with Crippen molar-refractivity contribution in [2.45, 2.75) is 24.9 Å². The zero-order valence-electron chi connectivity index (χ0n) is 21.1. The second kappa shape index (κ2) is 9.71. The van der Waals surface area contributed by atoms with Crippen LogP contribution in [0.1, 0.15) is 23.2 Å². The Balaban J connectivity index is 1.47. The van der Waals surface area contributed by atoms with Crippen LogP contribution in [0.3, 0.4) is 0 Å². The van der Waals surface area contributed by atoms with Gasteiger partial charge in [-0.3, -0.25) is 14.4 Å². The molecule has 1 aromatic carbocycles. The standard InChI is InChI=1S/C27H27ClFN5O5/c1-2-19(36)31-8-11-34-16(13-31)14-39-25-22(27(34)38)26(32-9-10-33-15(12-32)6-7-20(33)37)30-24(23(25)28)21-17(29)4-3-5-18(21)35/h2-5,15-16,35H,1,6-14H2/t15-,16+/m0/s1. The Bertz CT molecular complexity index is 1380. The maximum absolute atomic E-state index is 15.0. The average molecular weight is 556 g/mol. The van der Waals surface area contributed by atoms with Crippen molar-refractivity contribution in [3.63, 3.8) is 0 Å². The molecule has 5 heterocycles. The maximum atomic E-state index is 15.0. The lowest BCUT2D eigenvalue weighted by Crippen LogP contribution is -2.57. The molecule has 1 aromatic heterocycles. The van der Waals surface area contributed by atoms with Crippen molar-refractivity contribution in [1.82, 2.24) is 19.7 Å². The summed E-state index contributed by atoms with van der Waals surface area (Å²) < 4.78 is 21.2. The van der Waals surface area contributed by atoms with Gasteiger partial charge in [-0.25, -0.2) is 9.37 Å². The van der Waals surface area contributed by atoms with E-state index in [9.17, 15) is 19.5 Å². The summed E-state index contributed by atoms with van der Waals surface area (Å²) in [5, 5.41) is 10.5. The second-order valence-corrected chi connectivity index (χ2v) is 10.5. The maximum Gasteiger partial charge on any atom is 0.261 e. The van der Waals surface area contributed by atoms with E-state index in [1.54, 1.807) is 9.80 Å². The molecule has 3 saturated heterocycles. The van der Waals surface area contributed by atoms with E-state index < -0.39 is 11.9 Å². The Kier molecular flexibility index (Phi) is 6.33. The summed E-state index contributed by atoms with van der Waals surface area (Å²) in [5.41, 5.74) is -0.0765. The minimum absolute atomic E-state index is 0.0345. The molecule has 0 radical (unpaired) electrons. The van der Waals surface area contributed by atoms with Gasteiger partial charge < -0.3 is 29.4 Å². The molecule has 39 heavy (non-hydrogen) atoms. The van der Waals surface area contributed by atoms with Crippen LogP contribution in [0, 0.1) is 5.82 Å². The Morgan fingerprint density at radius 2 is 1.92 bits per heavy atom. The predicted octanol–water partition coefficient (Wildman–Crippen LogP) is 2.29. The van der Waals surface area contributed by atoms with Gasteiger partial charge in [-0.2, -0.15) is 0 Å². The third-order valence-corrected chi connectivity index (χ3v) is 8.31. The minimum Gasteiger partial charge on any atom is -0.507 e. The van der Waals surface area contributed by atoms with Gasteiger partial charge in [-0.15, -0.1) is 0 Å². The molecule has 2 aromatic rings. The van der Waals surface area contributed by atoms with Crippen molar-refractivity contribution in [1.29, 1.82) is 0 Å². The fourth-order valence-corrected chi connectivity index (χ4v) is 6.26. The van der Waals surface area contributed by atoms with Crippen LogP contribution in [-0.2, 0) is 9.59 Å². The molecule has 0 unspecified atom stereocenters. The van der Waals surface area contributed by atoms with E-state index in [1.807, 2.05) is 9.80 Å². The van der Waals surface area contributed by atoms with Crippen LogP contribution < -0.4 is 9.64 Å². The molecule has 4 aliphatic heterocycles. The lowest BCUT2D eigenvalue weighted by Gasteiger charge is -2.40. The number of anilines is 1. The number of carbonyl (C=O) groups is 3. The van der Waals surface area contributed by atoms with Crippen molar-refractivity contribution in [3.05, 3.63) is 47.3 Å². The largest absolute Gasteiger partial charge is 0.507 e. The van der Waals surface area contributed by atoms with E-state index in [2.05, 4.69) is 6.58 Å². The van der Waals surface area contributed by atoms with Crippen LogP contribution in [0.25, 0.3) is 11.3 Å². The summed E-state index contributed by atoms with van der Waals surface area (Å²) in [7, 11) is 0. The molecule has 10 nitrogen and oxygen atoms in total. The van der Waals surface area contributed by atoms with Crippen LogP contribution in [0.2, 0.25) is 5.02 Å².